The number of carbonyl (C=O) groups is 1. The molecule has 1 heterocycles. The SMILES string of the molecule is COc1cc(C(=O)NC2CCC(N3CCOCC3)CC2)ccc1N. The zero-order chi connectivity index (χ0) is 16.9. The molecule has 0 spiro atoms. The molecule has 3 rings (SSSR count). The first kappa shape index (κ1) is 17.0. The fourth-order valence-corrected chi connectivity index (χ4v) is 3.65. The number of nitrogens with zero attached hydrogens (tertiary/aromatic N) is 1. The van der Waals surface area contributed by atoms with Crippen LogP contribution in [0.4, 0.5) is 5.69 Å². The standard InChI is InChI=1S/C18H27N3O3/c1-23-17-12-13(2-7-16(17)19)18(22)20-14-3-5-15(6-4-14)21-8-10-24-11-9-21/h2,7,12,14-15H,3-6,8-11,19H2,1H3,(H,20,22). The van der Waals surface area contributed by atoms with E-state index in [1.807, 2.05) is 0 Å². The highest BCUT2D eigenvalue weighted by Gasteiger charge is 2.27. The number of benzene rings is 1. The molecular weight excluding hydrogens is 306 g/mol. The summed E-state index contributed by atoms with van der Waals surface area (Å²) in [4.78, 5) is 15.0. The third-order valence-corrected chi connectivity index (χ3v) is 5.09. The van der Waals surface area contributed by atoms with Crippen molar-refractivity contribution in [1.82, 2.24) is 10.2 Å². The number of ether oxygens (including phenoxy) is 2. The maximum Gasteiger partial charge on any atom is 0.251 e. The normalized spacial score (nSPS) is 25.2. The molecule has 0 radical (unpaired) electrons. The van der Waals surface area contributed by atoms with E-state index in [1.165, 1.54) is 0 Å². The van der Waals surface area contributed by atoms with Crippen LogP contribution >= 0.6 is 0 Å². The molecular formula is C18H27N3O3. The Morgan fingerprint density at radius 1 is 1.25 bits per heavy atom. The molecule has 1 saturated carbocycles. The third kappa shape index (κ3) is 3.99. The number of amides is 1. The lowest BCUT2D eigenvalue weighted by Crippen LogP contribution is -2.47. The molecule has 1 aliphatic heterocycles. The predicted molar refractivity (Wildman–Crippen MR) is 93.3 cm³/mol. The fraction of sp³-hybridized carbons (Fsp3) is 0.611. The highest BCUT2D eigenvalue weighted by molar-refractivity contribution is 5.95. The van der Waals surface area contributed by atoms with Gasteiger partial charge in [-0.1, -0.05) is 0 Å². The third-order valence-electron chi connectivity index (χ3n) is 5.09. The van der Waals surface area contributed by atoms with E-state index in [0.29, 0.717) is 23.0 Å². The first-order valence-electron chi connectivity index (χ1n) is 8.73. The van der Waals surface area contributed by atoms with Gasteiger partial charge in [0.1, 0.15) is 5.75 Å². The summed E-state index contributed by atoms with van der Waals surface area (Å²) in [6.45, 7) is 3.76. The fourth-order valence-electron chi connectivity index (χ4n) is 3.65. The Morgan fingerprint density at radius 3 is 2.62 bits per heavy atom. The van der Waals surface area contributed by atoms with Crippen molar-refractivity contribution in [3.8, 4) is 5.75 Å². The van der Waals surface area contributed by atoms with Gasteiger partial charge in [0.15, 0.2) is 0 Å². The molecule has 24 heavy (non-hydrogen) atoms. The second kappa shape index (κ2) is 7.85. The number of carbonyl (C=O) groups excluding carboxylic acids is 1. The molecule has 0 unspecified atom stereocenters. The second-order valence-corrected chi connectivity index (χ2v) is 6.58. The summed E-state index contributed by atoms with van der Waals surface area (Å²) >= 11 is 0. The topological polar surface area (TPSA) is 76.8 Å². The van der Waals surface area contributed by atoms with Gasteiger partial charge in [-0.2, -0.15) is 0 Å². The number of hydrogen-bond donors (Lipinski definition) is 2. The Bertz CT molecular complexity index is 565. The minimum absolute atomic E-state index is 0.0527. The molecule has 1 saturated heterocycles. The van der Waals surface area contributed by atoms with E-state index in [4.69, 9.17) is 15.2 Å². The van der Waals surface area contributed by atoms with E-state index in [-0.39, 0.29) is 11.9 Å². The van der Waals surface area contributed by atoms with Crippen LogP contribution < -0.4 is 15.8 Å². The summed E-state index contributed by atoms with van der Waals surface area (Å²) in [5.41, 5.74) is 6.94. The summed E-state index contributed by atoms with van der Waals surface area (Å²) < 4.78 is 10.6. The number of anilines is 1. The largest absolute Gasteiger partial charge is 0.495 e. The highest BCUT2D eigenvalue weighted by atomic mass is 16.5. The van der Waals surface area contributed by atoms with E-state index in [9.17, 15) is 4.79 Å². The van der Waals surface area contributed by atoms with E-state index < -0.39 is 0 Å². The molecule has 2 aliphatic rings. The zero-order valence-corrected chi connectivity index (χ0v) is 14.3. The van der Waals surface area contributed by atoms with Crippen LogP contribution in [-0.2, 0) is 4.74 Å². The lowest BCUT2D eigenvalue weighted by molar-refractivity contribution is 0.00665. The van der Waals surface area contributed by atoms with Gasteiger partial charge in [0.05, 0.1) is 26.0 Å². The van der Waals surface area contributed by atoms with Crippen LogP contribution in [0.5, 0.6) is 5.75 Å². The monoisotopic (exact) mass is 333 g/mol. The average Bonchev–Trinajstić information content (AvgIpc) is 2.63. The summed E-state index contributed by atoms with van der Waals surface area (Å²) in [5.74, 6) is 0.488. The van der Waals surface area contributed by atoms with Crippen LogP contribution in [-0.4, -0.2) is 56.3 Å². The van der Waals surface area contributed by atoms with Crippen LogP contribution in [0, 0.1) is 0 Å². The molecule has 1 aliphatic carbocycles. The highest BCUT2D eigenvalue weighted by Crippen LogP contribution is 2.25. The van der Waals surface area contributed by atoms with Crippen molar-refractivity contribution in [3.63, 3.8) is 0 Å². The van der Waals surface area contributed by atoms with E-state index in [1.54, 1.807) is 25.3 Å². The van der Waals surface area contributed by atoms with Crippen LogP contribution in [0.25, 0.3) is 0 Å². The Morgan fingerprint density at radius 2 is 1.96 bits per heavy atom. The molecule has 0 atom stereocenters. The lowest BCUT2D eigenvalue weighted by Gasteiger charge is -2.38. The van der Waals surface area contributed by atoms with Crippen molar-refractivity contribution in [2.24, 2.45) is 0 Å². The molecule has 6 nitrogen and oxygen atoms in total. The number of nitrogen functional groups attached to an aromatic ring is 1. The lowest BCUT2D eigenvalue weighted by atomic mass is 9.89. The maximum atomic E-state index is 12.4. The van der Waals surface area contributed by atoms with Gasteiger partial charge in [-0.25, -0.2) is 0 Å². The van der Waals surface area contributed by atoms with Crippen molar-refractivity contribution in [3.05, 3.63) is 23.8 Å². The van der Waals surface area contributed by atoms with E-state index in [0.717, 1.165) is 52.0 Å². The molecule has 1 amide bonds. The number of morpholine rings is 1. The molecule has 2 fully saturated rings. The Labute approximate surface area is 143 Å². The quantitative estimate of drug-likeness (QED) is 0.820. The van der Waals surface area contributed by atoms with Gasteiger partial charge in [0.25, 0.3) is 5.91 Å². The number of hydrogen-bond acceptors (Lipinski definition) is 5. The first-order chi connectivity index (χ1) is 11.7. The Kier molecular flexibility index (Phi) is 5.58. The molecule has 0 bridgehead atoms. The minimum Gasteiger partial charge on any atom is -0.495 e. The smallest absolute Gasteiger partial charge is 0.251 e. The molecule has 3 N–H and O–H groups in total. The van der Waals surface area contributed by atoms with Crippen molar-refractivity contribution in [2.45, 2.75) is 37.8 Å². The Hall–Kier alpha value is -1.79. The predicted octanol–water partition coefficient (Wildman–Crippen LogP) is 1.65. The number of methoxy groups -OCH3 is 1. The van der Waals surface area contributed by atoms with E-state index >= 15 is 0 Å². The number of nitrogens with two attached hydrogens (primary N) is 1. The molecule has 1 aromatic carbocycles. The van der Waals surface area contributed by atoms with Gasteiger partial charge in [-0.3, -0.25) is 9.69 Å². The van der Waals surface area contributed by atoms with Crippen molar-refractivity contribution < 1.29 is 14.3 Å². The number of nitrogens with one attached hydrogen (secondary N) is 1. The van der Waals surface area contributed by atoms with Crippen molar-refractivity contribution in [2.75, 3.05) is 39.1 Å². The summed E-state index contributed by atoms with van der Waals surface area (Å²) in [6, 6.07) is 6.04. The van der Waals surface area contributed by atoms with Crippen LogP contribution in [0.3, 0.4) is 0 Å². The van der Waals surface area contributed by atoms with Crippen LogP contribution in [0.2, 0.25) is 0 Å². The van der Waals surface area contributed by atoms with E-state index in [2.05, 4.69) is 10.2 Å². The van der Waals surface area contributed by atoms with Gasteiger partial charge in [0, 0.05) is 30.7 Å². The zero-order valence-electron chi connectivity index (χ0n) is 14.3. The van der Waals surface area contributed by atoms with Crippen LogP contribution in [0.1, 0.15) is 36.0 Å². The number of rotatable bonds is 4. The molecule has 0 aromatic heterocycles. The van der Waals surface area contributed by atoms with Gasteiger partial charge >= 0.3 is 0 Å². The Balaban J connectivity index is 1.51. The van der Waals surface area contributed by atoms with Gasteiger partial charge in [-0.15, -0.1) is 0 Å². The van der Waals surface area contributed by atoms with Gasteiger partial charge in [-0.05, 0) is 43.9 Å². The van der Waals surface area contributed by atoms with Crippen molar-refractivity contribution in [1.29, 1.82) is 0 Å². The first-order valence-corrected chi connectivity index (χ1v) is 8.73. The molecule has 6 heteroatoms. The summed E-state index contributed by atoms with van der Waals surface area (Å²) in [7, 11) is 1.56. The van der Waals surface area contributed by atoms with Gasteiger partial charge < -0.3 is 20.5 Å². The molecule has 132 valence electrons. The molecule has 1 aromatic rings. The average molecular weight is 333 g/mol. The summed E-state index contributed by atoms with van der Waals surface area (Å²) in [5, 5.41) is 3.15. The second-order valence-electron chi connectivity index (χ2n) is 6.58. The minimum atomic E-state index is -0.0527. The maximum absolute atomic E-state index is 12.4. The van der Waals surface area contributed by atoms with Gasteiger partial charge in [0.2, 0.25) is 0 Å². The van der Waals surface area contributed by atoms with Crippen molar-refractivity contribution >= 4 is 11.6 Å². The summed E-state index contributed by atoms with van der Waals surface area (Å²) in [6.07, 6.45) is 4.33. The van der Waals surface area contributed by atoms with Crippen LogP contribution in [0.15, 0.2) is 18.2 Å².